The van der Waals surface area contributed by atoms with Crippen molar-refractivity contribution in [3.8, 4) is 0 Å². The van der Waals surface area contributed by atoms with Gasteiger partial charge in [0.2, 0.25) is 0 Å². The number of fused-ring (bicyclic) bond motifs is 1. The van der Waals surface area contributed by atoms with Gasteiger partial charge >= 0.3 is 0 Å². The third kappa shape index (κ3) is 2.10. The highest BCUT2D eigenvalue weighted by Crippen LogP contribution is 2.35. The van der Waals surface area contributed by atoms with E-state index in [4.69, 9.17) is 5.73 Å². The highest BCUT2D eigenvalue weighted by Gasteiger charge is 2.21. The molecule has 1 heterocycles. The van der Waals surface area contributed by atoms with E-state index in [0.717, 1.165) is 12.8 Å². The van der Waals surface area contributed by atoms with E-state index in [-0.39, 0.29) is 23.5 Å². The van der Waals surface area contributed by atoms with Crippen LogP contribution in [0.4, 0.5) is 10.1 Å². The van der Waals surface area contributed by atoms with Crippen LogP contribution in [0.3, 0.4) is 0 Å². The first kappa shape index (κ1) is 12.2. The first-order chi connectivity index (χ1) is 9.16. The van der Waals surface area contributed by atoms with Crippen molar-refractivity contribution in [3.63, 3.8) is 0 Å². The van der Waals surface area contributed by atoms with Gasteiger partial charge in [0, 0.05) is 10.7 Å². The average Bonchev–Trinajstić information content (AvgIpc) is 2.98. The van der Waals surface area contributed by atoms with Crippen molar-refractivity contribution in [3.05, 3.63) is 41.0 Å². The van der Waals surface area contributed by atoms with Crippen molar-refractivity contribution >= 4 is 33.0 Å². The highest BCUT2D eigenvalue weighted by molar-refractivity contribution is 7.21. The first-order valence-corrected chi connectivity index (χ1v) is 6.91. The molecule has 0 spiro atoms. The molecule has 1 aromatic carbocycles. The lowest BCUT2D eigenvalue weighted by molar-refractivity contribution is 0.0944. The van der Waals surface area contributed by atoms with Crippen molar-refractivity contribution in [1.29, 1.82) is 0 Å². The van der Waals surface area contributed by atoms with Crippen LogP contribution in [0.15, 0.2) is 30.4 Å². The summed E-state index contributed by atoms with van der Waals surface area (Å²) < 4.78 is 14.4. The van der Waals surface area contributed by atoms with Crippen LogP contribution in [0.1, 0.15) is 22.5 Å². The smallest absolute Gasteiger partial charge is 0.263 e. The number of nitrogens with two attached hydrogens (primary N) is 1. The summed E-state index contributed by atoms with van der Waals surface area (Å²) in [6.07, 6.45) is 5.76. The molecule has 3 rings (SSSR count). The van der Waals surface area contributed by atoms with Gasteiger partial charge in [-0.15, -0.1) is 11.3 Å². The van der Waals surface area contributed by atoms with Crippen LogP contribution in [-0.2, 0) is 0 Å². The van der Waals surface area contributed by atoms with Crippen molar-refractivity contribution < 1.29 is 9.18 Å². The minimum absolute atomic E-state index is 0.127. The molecular weight excluding hydrogens is 263 g/mol. The summed E-state index contributed by atoms with van der Waals surface area (Å²) in [5, 5.41) is 3.27. The number of benzene rings is 1. The maximum absolute atomic E-state index is 13.7. The number of anilines is 1. The summed E-state index contributed by atoms with van der Waals surface area (Å²) in [5.41, 5.74) is 6.15. The molecule has 19 heavy (non-hydrogen) atoms. The largest absolute Gasteiger partial charge is 0.397 e. The van der Waals surface area contributed by atoms with E-state index in [1.807, 2.05) is 12.2 Å². The molecular formula is C14H13FN2OS. The van der Waals surface area contributed by atoms with Crippen LogP contribution in [0.2, 0.25) is 0 Å². The van der Waals surface area contributed by atoms with Gasteiger partial charge in [0.25, 0.3) is 5.91 Å². The van der Waals surface area contributed by atoms with Gasteiger partial charge in [-0.25, -0.2) is 4.39 Å². The molecule has 1 aromatic heterocycles. The van der Waals surface area contributed by atoms with Crippen molar-refractivity contribution in [2.24, 2.45) is 0 Å². The fourth-order valence-corrected chi connectivity index (χ4v) is 3.32. The molecule has 0 fully saturated rings. The zero-order valence-electron chi connectivity index (χ0n) is 10.2. The Morgan fingerprint density at radius 3 is 2.79 bits per heavy atom. The Balaban J connectivity index is 1.94. The van der Waals surface area contributed by atoms with Gasteiger partial charge in [-0.2, -0.15) is 0 Å². The number of thiophene rings is 1. The van der Waals surface area contributed by atoms with E-state index in [1.54, 1.807) is 12.1 Å². The van der Waals surface area contributed by atoms with E-state index in [0.29, 0.717) is 15.0 Å². The van der Waals surface area contributed by atoms with Crippen LogP contribution in [0.5, 0.6) is 0 Å². The van der Waals surface area contributed by atoms with Crippen LogP contribution in [-0.4, -0.2) is 11.9 Å². The van der Waals surface area contributed by atoms with Gasteiger partial charge < -0.3 is 11.1 Å². The Bertz CT molecular complexity index is 669. The standard InChI is InChI=1S/C14H13FN2OS/c15-9-6-3-7-10-11(9)12(16)13(19-10)14(18)17-8-4-1-2-5-8/h1-3,6-8H,4-5,16H2,(H,17,18). The number of rotatable bonds is 2. The van der Waals surface area contributed by atoms with E-state index >= 15 is 0 Å². The molecule has 1 aliphatic carbocycles. The molecule has 0 bridgehead atoms. The molecule has 1 amide bonds. The van der Waals surface area contributed by atoms with Crippen molar-refractivity contribution in [2.45, 2.75) is 18.9 Å². The fraction of sp³-hybridized carbons (Fsp3) is 0.214. The minimum Gasteiger partial charge on any atom is -0.397 e. The third-order valence-electron chi connectivity index (χ3n) is 3.25. The zero-order valence-corrected chi connectivity index (χ0v) is 11.0. The lowest BCUT2D eigenvalue weighted by Crippen LogP contribution is -2.32. The molecule has 0 saturated carbocycles. The topological polar surface area (TPSA) is 55.1 Å². The van der Waals surface area contributed by atoms with Gasteiger partial charge in [-0.3, -0.25) is 4.79 Å². The van der Waals surface area contributed by atoms with Gasteiger partial charge in [-0.05, 0) is 25.0 Å². The number of nitrogens with one attached hydrogen (secondary N) is 1. The second kappa shape index (κ2) is 4.66. The number of carbonyl (C=O) groups excluding carboxylic acids is 1. The predicted octanol–water partition coefficient (Wildman–Crippen LogP) is 3.07. The van der Waals surface area contributed by atoms with Gasteiger partial charge in [0.05, 0.1) is 11.1 Å². The summed E-state index contributed by atoms with van der Waals surface area (Å²) in [5.74, 6) is -0.598. The molecule has 5 heteroatoms. The molecule has 0 unspecified atom stereocenters. The maximum Gasteiger partial charge on any atom is 0.263 e. The monoisotopic (exact) mass is 276 g/mol. The predicted molar refractivity (Wildman–Crippen MR) is 75.8 cm³/mol. The molecule has 0 atom stereocenters. The van der Waals surface area contributed by atoms with Crippen molar-refractivity contribution in [2.75, 3.05) is 5.73 Å². The van der Waals surface area contributed by atoms with E-state index in [9.17, 15) is 9.18 Å². The maximum atomic E-state index is 13.7. The van der Waals surface area contributed by atoms with Gasteiger partial charge in [0.15, 0.2) is 0 Å². The molecule has 0 saturated heterocycles. The van der Waals surface area contributed by atoms with Crippen LogP contribution < -0.4 is 11.1 Å². The summed E-state index contributed by atoms with van der Waals surface area (Å²) >= 11 is 1.23. The molecule has 1 aliphatic rings. The highest BCUT2D eigenvalue weighted by atomic mass is 32.1. The number of carbonyl (C=O) groups is 1. The summed E-state index contributed by atoms with van der Waals surface area (Å²) in [4.78, 5) is 12.6. The fourth-order valence-electron chi connectivity index (χ4n) is 2.28. The second-order valence-corrected chi connectivity index (χ2v) is 5.62. The number of hydrogen-bond donors (Lipinski definition) is 2. The molecule has 98 valence electrons. The second-order valence-electron chi connectivity index (χ2n) is 4.57. The molecule has 2 aromatic rings. The quantitative estimate of drug-likeness (QED) is 0.828. The molecule has 0 radical (unpaired) electrons. The lowest BCUT2D eigenvalue weighted by Gasteiger charge is -2.11. The number of amides is 1. The summed E-state index contributed by atoms with van der Waals surface area (Å²) in [6, 6.07) is 4.87. The first-order valence-electron chi connectivity index (χ1n) is 6.09. The Kier molecular flexibility index (Phi) is 2.98. The number of halogens is 1. The van der Waals surface area contributed by atoms with Crippen LogP contribution in [0.25, 0.3) is 10.1 Å². The zero-order chi connectivity index (χ0) is 13.4. The number of nitrogen functional groups attached to an aromatic ring is 1. The van der Waals surface area contributed by atoms with Gasteiger partial charge in [-0.1, -0.05) is 18.2 Å². The number of hydrogen-bond acceptors (Lipinski definition) is 3. The SMILES string of the molecule is Nc1c(C(=O)NC2CC=CC2)sc2cccc(F)c12. The Morgan fingerprint density at radius 1 is 1.37 bits per heavy atom. The van der Waals surface area contributed by atoms with E-state index < -0.39 is 0 Å². The molecule has 3 N–H and O–H groups in total. The summed E-state index contributed by atoms with van der Waals surface area (Å²) in [6.45, 7) is 0. The Labute approximate surface area is 113 Å². The molecule has 3 nitrogen and oxygen atoms in total. The Hall–Kier alpha value is -1.88. The summed E-state index contributed by atoms with van der Waals surface area (Å²) in [7, 11) is 0. The van der Waals surface area contributed by atoms with Crippen LogP contribution >= 0.6 is 11.3 Å². The lowest BCUT2D eigenvalue weighted by atomic mass is 10.2. The molecule has 0 aliphatic heterocycles. The van der Waals surface area contributed by atoms with Crippen molar-refractivity contribution in [1.82, 2.24) is 5.32 Å². The average molecular weight is 276 g/mol. The van der Waals surface area contributed by atoms with E-state index in [2.05, 4.69) is 5.32 Å². The van der Waals surface area contributed by atoms with E-state index in [1.165, 1.54) is 17.4 Å². The minimum atomic E-state index is -0.382. The third-order valence-corrected chi connectivity index (χ3v) is 4.42. The Morgan fingerprint density at radius 2 is 2.11 bits per heavy atom. The normalized spacial score (nSPS) is 15.2. The van der Waals surface area contributed by atoms with Gasteiger partial charge in [0.1, 0.15) is 10.7 Å². The van der Waals surface area contributed by atoms with Crippen LogP contribution in [0, 0.1) is 5.82 Å².